The molecule has 0 heterocycles. The van der Waals surface area contributed by atoms with E-state index in [0.29, 0.717) is 5.04 Å². The van der Waals surface area contributed by atoms with Crippen LogP contribution in [0.2, 0.25) is 5.04 Å². The van der Waals surface area contributed by atoms with Crippen LogP contribution in [0.25, 0.3) is 0 Å². The van der Waals surface area contributed by atoms with Crippen LogP contribution in [0.3, 0.4) is 0 Å². The van der Waals surface area contributed by atoms with Crippen molar-refractivity contribution in [2.45, 2.75) is 39.2 Å². The minimum atomic E-state index is -0.359. The van der Waals surface area contributed by atoms with Crippen LogP contribution < -0.4 is 0 Å². The number of hydrogen-bond donors (Lipinski definition) is 0. The predicted molar refractivity (Wildman–Crippen MR) is 60.5 cm³/mol. The summed E-state index contributed by atoms with van der Waals surface area (Å²) >= 11 is 0. The van der Waals surface area contributed by atoms with E-state index in [9.17, 15) is 0 Å². The van der Waals surface area contributed by atoms with E-state index in [4.69, 9.17) is 4.43 Å². The van der Waals surface area contributed by atoms with Gasteiger partial charge in [-0.25, -0.2) is 0 Å². The van der Waals surface area contributed by atoms with E-state index in [1.54, 1.807) is 0 Å². The van der Waals surface area contributed by atoms with Crippen molar-refractivity contribution in [2.75, 3.05) is 6.61 Å². The molecule has 0 aromatic rings. The first-order valence-corrected chi connectivity index (χ1v) is 5.66. The molecule has 0 N–H and O–H groups in total. The van der Waals surface area contributed by atoms with Gasteiger partial charge < -0.3 is 4.43 Å². The zero-order chi connectivity index (χ0) is 8.91. The maximum absolute atomic E-state index is 5.59. The van der Waals surface area contributed by atoms with Crippen molar-refractivity contribution in [3.63, 3.8) is 0 Å². The second-order valence-corrected chi connectivity index (χ2v) is 6.57. The Morgan fingerprint density at radius 2 is 1.92 bits per heavy atom. The van der Waals surface area contributed by atoms with Crippen LogP contribution in [0.15, 0.2) is 0 Å². The van der Waals surface area contributed by atoms with Gasteiger partial charge in [-0.15, -0.1) is 0 Å². The van der Waals surface area contributed by atoms with Crippen molar-refractivity contribution in [3.05, 3.63) is 6.92 Å². The molecule has 1 radical (unpaired) electrons. The first-order valence-electron chi connectivity index (χ1n) is 4.37. The van der Waals surface area contributed by atoms with E-state index in [1.165, 1.54) is 0 Å². The molecular weight excluding hydrogens is 159 g/mol. The molecule has 0 aliphatic carbocycles. The molecule has 0 aromatic heterocycles. The predicted octanol–water partition coefficient (Wildman–Crippen LogP) is 1.52. The van der Waals surface area contributed by atoms with Crippen LogP contribution in [0, 0.1) is 12.8 Å². The van der Waals surface area contributed by atoms with Crippen LogP contribution >= 0.6 is 0 Å². The second kappa shape index (κ2) is 7.20. The van der Waals surface area contributed by atoms with Gasteiger partial charge in [0.25, 0.3) is 0 Å². The summed E-state index contributed by atoms with van der Waals surface area (Å²) < 4.78 is 5.59. The van der Waals surface area contributed by atoms with Crippen molar-refractivity contribution in [1.82, 2.24) is 0 Å². The average molecular weight is 181 g/mol. The Bertz CT molecular complexity index is 105. The SMILES string of the molecule is [CH2]CCO[SiH2]C(C)(C)C(C)C.[LiH]. The summed E-state index contributed by atoms with van der Waals surface area (Å²) in [6, 6.07) is 0. The van der Waals surface area contributed by atoms with Crippen LogP contribution in [0.1, 0.15) is 34.1 Å². The minimum absolute atomic E-state index is 0. The van der Waals surface area contributed by atoms with Gasteiger partial charge in [-0.3, -0.25) is 0 Å². The Hall–Kier alpha value is 0.774. The molecular formula is C9H22LiOSi. The molecule has 0 aliphatic heterocycles. The molecule has 0 atom stereocenters. The monoisotopic (exact) mass is 181 g/mol. The molecule has 0 aliphatic rings. The standard InChI is InChI=1S/C9H21OSi.Li.H/c1-6-7-10-11-9(4,5)8(2)3;;/h8H,1,6-7,11H2,2-5H3;;. The van der Waals surface area contributed by atoms with Crippen molar-refractivity contribution >= 4 is 28.6 Å². The number of hydrogen-bond acceptors (Lipinski definition) is 1. The fourth-order valence-electron chi connectivity index (χ4n) is 0.604. The van der Waals surface area contributed by atoms with E-state index < -0.39 is 0 Å². The van der Waals surface area contributed by atoms with Crippen molar-refractivity contribution < 1.29 is 4.43 Å². The number of rotatable bonds is 5. The Labute approximate surface area is 91.8 Å². The van der Waals surface area contributed by atoms with Crippen molar-refractivity contribution in [3.8, 4) is 0 Å². The molecule has 0 unspecified atom stereocenters. The van der Waals surface area contributed by atoms with Crippen molar-refractivity contribution in [1.29, 1.82) is 0 Å². The zero-order valence-electron chi connectivity index (χ0n) is 8.31. The molecule has 0 spiro atoms. The molecule has 1 nitrogen and oxygen atoms in total. The van der Waals surface area contributed by atoms with Gasteiger partial charge in [0.2, 0.25) is 0 Å². The van der Waals surface area contributed by atoms with E-state index in [2.05, 4.69) is 34.6 Å². The van der Waals surface area contributed by atoms with Gasteiger partial charge in [0, 0.05) is 6.61 Å². The van der Waals surface area contributed by atoms with Crippen molar-refractivity contribution in [2.24, 2.45) is 5.92 Å². The third-order valence-electron chi connectivity index (χ3n) is 2.33. The maximum atomic E-state index is 5.59. The Morgan fingerprint density at radius 3 is 2.25 bits per heavy atom. The molecule has 0 saturated carbocycles. The van der Waals surface area contributed by atoms with Crippen LogP contribution in [-0.4, -0.2) is 35.2 Å². The van der Waals surface area contributed by atoms with Gasteiger partial charge in [-0.1, -0.05) is 34.6 Å². The first kappa shape index (κ1) is 15.3. The molecule has 0 rings (SSSR count). The summed E-state index contributed by atoms with van der Waals surface area (Å²) in [5.74, 6) is 0.735. The van der Waals surface area contributed by atoms with E-state index in [1.807, 2.05) is 0 Å². The fraction of sp³-hybridized carbons (Fsp3) is 0.889. The average Bonchev–Trinajstić information content (AvgIpc) is 1.88. The Balaban J connectivity index is 0. The molecule has 3 heteroatoms. The fourth-order valence-corrected chi connectivity index (χ4v) is 1.81. The molecule has 0 aromatic carbocycles. The molecule has 12 heavy (non-hydrogen) atoms. The normalized spacial score (nSPS) is 12.5. The molecule has 0 amide bonds. The topological polar surface area (TPSA) is 9.23 Å². The molecule has 0 fully saturated rings. The van der Waals surface area contributed by atoms with E-state index in [0.717, 1.165) is 18.9 Å². The zero-order valence-corrected chi connectivity index (χ0v) is 9.73. The van der Waals surface area contributed by atoms with Gasteiger partial charge in [0.1, 0.15) is 0 Å². The van der Waals surface area contributed by atoms with E-state index >= 15 is 0 Å². The quantitative estimate of drug-likeness (QED) is 0.461. The summed E-state index contributed by atoms with van der Waals surface area (Å²) in [6.07, 6.45) is 0.904. The molecule has 0 saturated heterocycles. The molecule has 0 bridgehead atoms. The Kier molecular flexibility index (Phi) is 9.16. The van der Waals surface area contributed by atoms with Gasteiger partial charge in [0.05, 0.1) is 0 Å². The Morgan fingerprint density at radius 1 is 1.42 bits per heavy atom. The van der Waals surface area contributed by atoms with Crippen LogP contribution in [-0.2, 0) is 4.43 Å². The summed E-state index contributed by atoms with van der Waals surface area (Å²) in [7, 11) is -0.359. The second-order valence-electron chi connectivity index (χ2n) is 4.05. The van der Waals surface area contributed by atoms with Crippen LogP contribution in [0.4, 0.5) is 0 Å². The van der Waals surface area contributed by atoms with E-state index in [-0.39, 0.29) is 28.6 Å². The third-order valence-corrected chi connectivity index (χ3v) is 4.38. The summed E-state index contributed by atoms with van der Waals surface area (Å²) in [5.41, 5.74) is 0. The van der Waals surface area contributed by atoms with Gasteiger partial charge in [-0.05, 0) is 17.4 Å². The summed E-state index contributed by atoms with van der Waals surface area (Å²) in [6.45, 7) is 13.7. The van der Waals surface area contributed by atoms with Gasteiger partial charge in [-0.2, -0.15) is 0 Å². The van der Waals surface area contributed by atoms with Gasteiger partial charge in [0.15, 0.2) is 9.76 Å². The third kappa shape index (κ3) is 6.31. The molecule has 69 valence electrons. The van der Waals surface area contributed by atoms with Crippen LogP contribution in [0.5, 0.6) is 0 Å². The first-order chi connectivity index (χ1) is 5.00. The summed E-state index contributed by atoms with van der Waals surface area (Å²) in [4.78, 5) is 0. The summed E-state index contributed by atoms with van der Waals surface area (Å²) in [5, 5.41) is 0.440. The van der Waals surface area contributed by atoms with Gasteiger partial charge >= 0.3 is 18.9 Å².